The van der Waals surface area contributed by atoms with Gasteiger partial charge < -0.3 is 14.6 Å². The number of allylic oxidation sites excluding steroid dienone is 10. The Morgan fingerprint density at radius 3 is 1.25 bits per heavy atom. The van der Waals surface area contributed by atoms with Crippen LogP contribution in [-0.2, 0) is 19.1 Å². The molecule has 0 saturated heterocycles. The minimum Gasteiger partial charge on any atom is -0.462 e. The van der Waals surface area contributed by atoms with Gasteiger partial charge in [-0.15, -0.1) is 0 Å². The van der Waals surface area contributed by atoms with E-state index in [4.69, 9.17) is 9.47 Å². The van der Waals surface area contributed by atoms with Gasteiger partial charge in [0.05, 0.1) is 6.61 Å². The molecule has 0 spiro atoms. The Kier molecular flexibility index (Phi) is 41.0. The van der Waals surface area contributed by atoms with Crippen molar-refractivity contribution in [3.05, 3.63) is 60.8 Å². The second-order valence-corrected chi connectivity index (χ2v) is 14.4. The Morgan fingerprint density at radius 1 is 0.462 bits per heavy atom. The molecule has 0 aliphatic heterocycles. The summed E-state index contributed by atoms with van der Waals surface area (Å²) in [4.78, 5) is 24.3. The summed E-state index contributed by atoms with van der Waals surface area (Å²) in [6, 6.07) is 0. The number of carbonyl (C=O) groups excluding carboxylic acids is 2. The lowest BCUT2D eigenvalue weighted by Crippen LogP contribution is -2.28. The lowest BCUT2D eigenvalue weighted by molar-refractivity contribution is -0.161. The van der Waals surface area contributed by atoms with Crippen LogP contribution in [0.5, 0.6) is 0 Å². The van der Waals surface area contributed by atoms with Crippen LogP contribution in [0.2, 0.25) is 0 Å². The van der Waals surface area contributed by atoms with Gasteiger partial charge in [0.15, 0.2) is 6.10 Å². The molecule has 300 valence electrons. The summed E-state index contributed by atoms with van der Waals surface area (Å²) in [5.41, 5.74) is 0. The SMILES string of the molecule is CC/C=C\C/C=C\C/C=C\C/C=C\C/C=C\CCCCCC(=O)OC[C@H](CO)OC(=O)CCCCCCCCCCCCCCCCCCCCC. The Morgan fingerprint density at radius 2 is 0.827 bits per heavy atom. The summed E-state index contributed by atoms with van der Waals surface area (Å²) in [6.07, 6.45) is 55.8. The van der Waals surface area contributed by atoms with E-state index in [1.165, 1.54) is 103 Å². The number of hydrogen-bond donors (Lipinski definition) is 1. The Bertz CT molecular complexity index is 915. The molecular formula is C47H82O5. The molecule has 0 heterocycles. The van der Waals surface area contributed by atoms with Crippen molar-refractivity contribution in [1.29, 1.82) is 0 Å². The summed E-state index contributed by atoms with van der Waals surface area (Å²) >= 11 is 0. The van der Waals surface area contributed by atoms with Gasteiger partial charge in [-0.3, -0.25) is 9.59 Å². The predicted molar refractivity (Wildman–Crippen MR) is 223 cm³/mol. The van der Waals surface area contributed by atoms with E-state index in [0.717, 1.165) is 77.0 Å². The van der Waals surface area contributed by atoms with Crippen molar-refractivity contribution in [1.82, 2.24) is 0 Å². The number of esters is 2. The summed E-state index contributed by atoms with van der Waals surface area (Å²) in [6.45, 7) is 4.01. The number of aliphatic hydroxyl groups excluding tert-OH is 1. The van der Waals surface area contributed by atoms with Gasteiger partial charge in [-0.1, -0.05) is 197 Å². The molecule has 0 unspecified atom stereocenters. The van der Waals surface area contributed by atoms with Crippen molar-refractivity contribution in [2.24, 2.45) is 0 Å². The Balaban J connectivity index is 3.59. The molecule has 5 heteroatoms. The summed E-state index contributed by atoms with van der Waals surface area (Å²) in [5.74, 6) is -0.625. The fourth-order valence-corrected chi connectivity index (χ4v) is 6.05. The van der Waals surface area contributed by atoms with E-state index in [9.17, 15) is 14.7 Å². The minimum absolute atomic E-state index is 0.0830. The second-order valence-electron chi connectivity index (χ2n) is 14.4. The summed E-state index contributed by atoms with van der Waals surface area (Å²) < 4.78 is 10.6. The van der Waals surface area contributed by atoms with Crippen molar-refractivity contribution in [3.63, 3.8) is 0 Å². The highest BCUT2D eigenvalue weighted by molar-refractivity contribution is 5.70. The number of aliphatic hydroxyl groups is 1. The van der Waals surface area contributed by atoms with Crippen molar-refractivity contribution in [2.45, 2.75) is 213 Å². The average molecular weight is 727 g/mol. The first-order valence-electron chi connectivity index (χ1n) is 21.8. The predicted octanol–water partition coefficient (Wildman–Crippen LogP) is 14.0. The topological polar surface area (TPSA) is 72.8 Å². The number of unbranched alkanes of at least 4 members (excludes halogenated alkanes) is 21. The Labute approximate surface area is 321 Å². The third kappa shape index (κ3) is 40.4. The van der Waals surface area contributed by atoms with Crippen LogP contribution in [0.25, 0.3) is 0 Å². The Hall–Kier alpha value is -2.40. The van der Waals surface area contributed by atoms with Crippen LogP contribution in [0, 0.1) is 0 Å². The van der Waals surface area contributed by atoms with Gasteiger partial charge >= 0.3 is 11.9 Å². The van der Waals surface area contributed by atoms with Crippen LogP contribution in [0.4, 0.5) is 0 Å². The molecule has 0 amide bonds. The fourth-order valence-electron chi connectivity index (χ4n) is 6.05. The largest absolute Gasteiger partial charge is 0.462 e. The maximum atomic E-state index is 12.2. The molecule has 1 N–H and O–H groups in total. The van der Waals surface area contributed by atoms with Gasteiger partial charge in [-0.2, -0.15) is 0 Å². The summed E-state index contributed by atoms with van der Waals surface area (Å²) in [5, 5.41) is 9.58. The van der Waals surface area contributed by atoms with Crippen LogP contribution in [0.3, 0.4) is 0 Å². The number of ether oxygens (including phenoxy) is 2. The first-order valence-corrected chi connectivity index (χ1v) is 21.8. The van der Waals surface area contributed by atoms with E-state index in [-0.39, 0.29) is 25.2 Å². The zero-order chi connectivity index (χ0) is 37.8. The van der Waals surface area contributed by atoms with E-state index in [1.54, 1.807) is 0 Å². The monoisotopic (exact) mass is 727 g/mol. The fraction of sp³-hybridized carbons (Fsp3) is 0.745. The van der Waals surface area contributed by atoms with Gasteiger partial charge in [-0.25, -0.2) is 0 Å². The molecule has 1 atom stereocenters. The molecule has 0 radical (unpaired) electrons. The number of carbonyl (C=O) groups is 2. The standard InChI is InChI=1S/C47H82O5/c1-3-5-7-9-11-13-15-17-19-21-23-25-27-29-31-33-35-37-39-41-46(49)51-44-45(43-48)52-47(50)42-40-38-36-34-32-30-28-26-24-22-20-18-16-14-12-10-8-6-4-2/h5,7,11,13,17,19,23,25,29,31,45,48H,3-4,6,8-10,12,14-16,18,20-22,24,26-28,30,32-44H2,1-2H3/b7-5-,13-11-,19-17-,25-23-,31-29-/t45-/m0/s1. The smallest absolute Gasteiger partial charge is 0.306 e. The molecule has 0 aliphatic rings. The van der Waals surface area contributed by atoms with Gasteiger partial charge in [0.25, 0.3) is 0 Å². The van der Waals surface area contributed by atoms with Crippen LogP contribution in [0.1, 0.15) is 206 Å². The number of hydrogen-bond acceptors (Lipinski definition) is 5. The van der Waals surface area contributed by atoms with E-state index in [1.807, 2.05) is 0 Å². The molecule has 0 bridgehead atoms. The first-order chi connectivity index (χ1) is 25.6. The molecule has 5 nitrogen and oxygen atoms in total. The molecule has 0 fully saturated rings. The van der Waals surface area contributed by atoms with E-state index in [2.05, 4.69) is 74.6 Å². The third-order valence-electron chi connectivity index (χ3n) is 9.33. The van der Waals surface area contributed by atoms with Crippen molar-refractivity contribution in [3.8, 4) is 0 Å². The molecule has 0 aromatic carbocycles. The van der Waals surface area contributed by atoms with Crippen LogP contribution in [0.15, 0.2) is 60.8 Å². The van der Waals surface area contributed by atoms with Crippen LogP contribution < -0.4 is 0 Å². The maximum absolute atomic E-state index is 12.2. The highest BCUT2D eigenvalue weighted by Crippen LogP contribution is 2.15. The molecule has 0 rings (SSSR count). The lowest BCUT2D eigenvalue weighted by atomic mass is 10.0. The zero-order valence-corrected chi connectivity index (χ0v) is 34.1. The van der Waals surface area contributed by atoms with Gasteiger partial charge in [0.2, 0.25) is 0 Å². The van der Waals surface area contributed by atoms with Gasteiger partial charge in [0.1, 0.15) is 6.61 Å². The molecule has 0 saturated carbocycles. The quantitative estimate of drug-likeness (QED) is 0.0388. The third-order valence-corrected chi connectivity index (χ3v) is 9.33. The average Bonchev–Trinajstić information content (AvgIpc) is 3.15. The minimum atomic E-state index is -0.785. The normalized spacial score (nSPS) is 12.8. The molecule has 52 heavy (non-hydrogen) atoms. The lowest BCUT2D eigenvalue weighted by Gasteiger charge is -2.15. The summed E-state index contributed by atoms with van der Waals surface area (Å²) in [7, 11) is 0. The van der Waals surface area contributed by atoms with E-state index < -0.39 is 6.10 Å². The van der Waals surface area contributed by atoms with Crippen molar-refractivity contribution >= 4 is 11.9 Å². The number of rotatable bonds is 39. The van der Waals surface area contributed by atoms with Gasteiger partial charge in [0, 0.05) is 12.8 Å². The van der Waals surface area contributed by atoms with E-state index >= 15 is 0 Å². The maximum Gasteiger partial charge on any atom is 0.306 e. The molecule has 0 aliphatic carbocycles. The van der Waals surface area contributed by atoms with Crippen molar-refractivity contribution in [2.75, 3.05) is 13.2 Å². The highest BCUT2D eigenvalue weighted by Gasteiger charge is 2.16. The second kappa shape index (κ2) is 43.0. The van der Waals surface area contributed by atoms with Crippen molar-refractivity contribution < 1.29 is 24.2 Å². The zero-order valence-electron chi connectivity index (χ0n) is 34.1. The first kappa shape index (κ1) is 49.6. The van der Waals surface area contributed by atoms with Crippen LogP contribution in [-0.4, -0.2) is 36.4 Å². The van der Waals surface area contributed by atoms with E-state index in [0.29, 0.717) is 12.8 Å². The highest BCUT2D eigenvalue weighted by atomic mass is 16.6. The molecular weight excluding hydrogens is 645 g/mol. The van der Waals surface area contributed by atoms with Gasteiger partial charge in [-0.05, 0) is 57.8 Å². The molecule has 0 aromatic rings. The van der Waals surface area contributed by atoms with Crippen LogP contribution >= 0.6 is 0 Å². The molecule has 0 aromatic heterocycles.